The molecule has 1 aliphatic rings. The Morgan fingerprint density at radius 1 is 1.50 bits per heavy atom. The molecule has 7 nitrogen and oxygen atoms in total. The van der Waals surface area contributed by atoms with Crippen LogP contribution < -0.4 is 0 Å². The minimum Gasteiger partial charge on any atom is -0.480 e. The van der Waals surface area contributed by atoms with Gasteiger partial charge in [-0.15, -0.1) is 6.42 Å². The number of nitrogens with zero attached hydrogens (tertiary/aromatic N) is 1. The van der Waals surface area contributed by atoms with Crippen molar-refractivity contribution >= 4 is 25.8 Å². The maximum Gasteiger partial charge on any atom is 0.320 e. The average molecular weight is 295 g/mol. The highest BCUT2D eigenvalue weighted by molar-refractivity contribution is 7.92. The van der Waals surface area contributed by atoms with Gasteiger partial charge in [0, 0.05) is 6.04 Å². The topological polar surface area (TPSA) is 109 Å². The zero-order valence-electron chi connectivity index (χ0n) is 9.44. The number of hydrogen-bond acceptors (Lipinski definition) is 5. The van der Waals surface area contributed by atoms with E-state index >= 15 is 0 Å². The van der Waals surface area contributed by atoms with Crippen molar-refractivity contribution in [2.24, 2.45) is 0 Å². The molecule has 1 atom stereocenters. The van der Waals surface area contributed by atoms with Crippen LogP contribution in [-0.4, -0.2) is 62.1 Å². The van der Waals surface area contributed by atoms with Crippen molar-refractivity contribution in [3.63, 3.8) is 0 Å². The smallest absolute Gasteiger partial charge is 0.320 e. The molecule has 1 fully saturated rings. The molecule has 0 radical (unpaired) electrons. The van der Waals surface area contributed by atoms with Gasteiger partial charge in [-0.1, -0.05) is 5.92 Å². The van der Waals surface area contributed by atoms with Gasteiger partial charge in [0.1, 0.15) is 0 Å². The number of aliphatic carboxylic acids is 1. The zero-order valence-corrected chi connectivity index (χ0v) is 11.1. The van der Waals surface area contributed by atoms with E-state index in [1.165, 1.54) is 0 Å². The number of terminal acetylenes is 1. The third-order valence-corrected chi connectivity index (χ3v) is 6.03. The minimum atomic E-state index is -4.09. The van der Waals surface area contributed by atoms with Gasteiger partial charge >= 0.3 is 5.97 Å². The fourth-order valence-corrected chi connectivity index (χ4v) is 4.99. The average Bonchev–Trinajstić information content (AvgIpc) is 2.52. The molecule has 0 saturated carbocycles. The van der Waals surface area contributed by atoms with Crippen molar-refractivity contribution in [2.75, 3.05) is 23.8 Å². The predicted octanol–water partition coefficient (Wildman–Crippen LogP) is -1.48. The van der Waals surface area contributed by atoms with Crippen LogP contribution in [0.25, 0.3) is 0 Å². The highest BCUT2D eigenvalue weighted by Crippen LogP contribution is 2.20. The van der Waals surface area contributed by atoms with Gasteiger partial charge in [0.05, 0.1) is 18.1 Å². The Kier molecular flexibility index (Phi) is 4.37. The van der Waals surface area contributed by atoms with Crippen molar-refractivity contribution in [1.29, 1.82) is 0 Å². The maximum atomic E-state index is 11.8. The summed E-state index contributed by atoms with van der Waals surface area (Å²) in [6.45, 7) is -0.324. The lowest BCUT2D eigenvalue weighted by atomic mass is 10.3. The first kappa shape index (κ1) is 14.9. The molecular weight excluding hydrogens is 282 g/mol. The second-order valence-electron chi connectivity index (χ2n) is 3.96. The lowest BCUT2D eigenvalue weighted by Crippen LogP contribution is -2.43. The fraction of sp³-hybridized carbons (Fsp3) is 0.667. The summed E-state index contributed by atoms with van der Waals surface area (Å²) in [5.41, 5.74) is 0. The molecule has 0 aromatic carbocycles. The first-order valence-electron chi connectivity index (χ1n) is 5.03. The summed E-state index contributed by atoms with van der Waals surface area (Å²) >= 11 is 0. The van der Waals surface area contributed by atoms with Crippen molar-refractivity contribution in [3.8, 4) is 12.3 Å². The van der Waals surface area contributed by atoms with Crippen LogP contribution in [0.3, 0.4) is 0 Å². The molecule has 18 heavy (non-hydrogen) atoms. The van der Waals surface area contributed by atoms with Crippen LogP contribution in [-0.2, 0) is 24.7 Å². The first-order valence-corrected chi connectivity index (χ1v) is 8.46. The molecule has 0 aromatic rings. The lowest BCUT2D eigenvalue weighted by Gasteiger charge is -2.24. The van der Waals surface area contributed by atoms with E-state index < -0.39 is 37.6 Å². The van der Waals surface area contributed by atoms with Crippen LogP contribution in [0.4, 0.5) is 0 Å². The second-order valence-corrected chi connectivity index (χ2v) is 8.11. The zero-order chi connectivity index (χ0) is 14.0. The van der Waals surface area contributed by atoms with Crippen LogP contribution >= 0.6 is 0 Å². The highest BCUT2D eigenvalue weighted by Gasteiger charge is 2.38. The predicted molar refractivity (Wildman–Crippen MR) is 64.0 cm³/mol. The SMILES string of the molecule is C#CCN(C1CCS(=O)(=O)C1)S(=O)(=O)CC(=O)O. The summed E-state index contributed by atoms with van der Waals surface area (Å²) < 4.78 is 47.0. The summed E-state index contributed by atoms with van der Waals surface area (Å²) in [7, 11) is -7.36. The minimum absolute atomic E-state index is 0.110. The third kappa shape index (κ3) is 3.69. The van der Waals surface area contributed by atoms with E-state index in [0.717, 1.165) is 4.31 Å². The van der Waals surface area contributed by atoms with E-state index in [4.69, 9.17) is 11.5 Å². The van der Waals surface area contributed by atoms with Crippen LogP contribution in [0.15, 0.2) is 0 Å². The molecule has 1 unspecified atom stereocenters. The number of carbonyl (C=O) groups is 1. The van der Waals surface area contributed by atoms with Crippen molar-refractivity contribution in [3.05, 3.63) is 0 Å². The number of rotatable bonds is 5. The van der Waals surface area contributed by atoms with E-state index in [0.29, 0.717) is 0 Å². The number of sulfonamides is 1. The Morgan fingerprint density at radius 3 is 2.50 bits per heavy atom. The summed E-state index contributed by atoms with van der Waals surface area (Å²) in [6, 6.07) is -0.768. The summed E-state index contributed by atoms with van der Waals surface area (Å²) in [4.78, 5) is 10.5. The van der Waals surface area contributed by atoms with Gasteiger partial charge in [-0.3, -0.25) is 4.79 Å². The Balaban J connectivity index is 2.98. The number of hydrogen-bond donors (Lipinski definition) is 1. The molecule has 1 aliphatic heterocycles. The molecule has 1 saturated heterocycles. The van der Waals surface area contributed by atoms with Crippen molar-refractivity contribution in [2.45, 2.75) is 12.5 Å². The molecule has 0 amide bonds. The van der Waals surface area contributed by atoms with E-state index in [1.807, 2.05) is 0 Å². The maximum absolute atomic E-state index is 11.8. The molecule has 1 N–H and O–H groups in total. The number of carboxylic acids is 1. The lowest BCUT2D eigenvalue weighted by molar-refractivity contribution is -0.134. The van der Waals surface area contributed by atoms with Crippen LogP contribution in [0.5, 0.6) is 0 Å². The fourth-order valence-electron chi connectivity index (χ4n) is 1.79. The monoisotopic (exact) mass is 295 g/mol. The van der Waals surface area contributed by atoms with Gasteiger partial charge in [-0.2, -0.15) is 4.31 Å². The largest absolute Gasteiger partial charge is 0.480 e. The molecular formula is C9H13NO6S2. The molecule has 0 spiro atoms. The van der Waals surface area contributed by atoms with Crippen LogP contribution in [0, 0.1) is 12.3 Å². The standard InChI is InChI=1S/C9H13NO6S2/c1-2-4-10(18(15,16)7-9(11)12)8-3-5-17(13,14)6-8/h1,8H,3-7H2,(H,11,12). The van der Waals surface area contributed by atoms with E-state index in [-0.39, 0.29) is 24.5 Å². The van der Waals surface area contributed by atoms with Gasteiger partial charge < -0.3 is 5.11 Å². The number of carboxylic acid groups (broad SMARTS) is 1. The third-order valence-electron chi connectivity index (χ3n) is 2.53. The quantitative estimate of drug-likeness (QED) is 0.620. The molecule has 1 rings (SSSR count). The van der Waals surface area contributed by atoms with Gasteiger partial charge in [-0.25, -0.2) is 16.8 Å². The van der Waals surface area contributed by atoms with E-state index in [1.54, 1.807) is 0 Å². The van der Waals surface area contributed by atoms with Gasteiger partial charge in [0.15, 0.2) is 15.6 Å². The van der Waals surface area contributed by atoms with Crippen molar-refractivity contribution in [1.82, 2.24) is 4.31 Å². The first-order chi connectivity index (χ1) is 8.18. The molecule has 0 aliphatic carbocycles. The van der Waals surface area contributed by atoms with Crippen LogP contribution in [0.1, 0.15) is 6.42 Å². The Bertz CT molecular complexity index is 571. The van der Waals surface area contributed by atoms with Gasteiger partial charge in [0.25, 0.3) is 0 Å². The number of sulfone groups is 1. The summed E-state index contributed by atoms with van der Waals surface area (Å²) in [5.74, 6) is -0.905. The molecule has 102 valence electrons. The van der Waals surface area contributed by atoms with E-state index in [9.17, 15) is 21.6 Å². The molecule has 0 aromatic heterocycles. The molecule has 9 heteroatoms. The summed E-state index contributed by atoms with van der Waals surface area (Å²) in [6.07, 6.45) is 5.18. The molecule has 0 bridgehead atoms. The van der Waals surface area contributed by atoms with E-state index in [2.05, 4.69) is 5.92 Å². The Morgan fingerprint density at radius 2 is 2.11 bits per heavy atom. The van der Waals surface area contributed by atoms with Gasteiger partial charge in [-0.05, 0) is 6.42 Å². The highest BCUT2D eigenvalue weighted by atomic mass is 32.2. The Labute approximate surface area is 106 Å². The van der Waals surface area contributed by atoms with Crippen LogP contribution in [0.2, 0.25) is 0 Å². The Hall–Kier alpha value is -1.11. The molecule has 1 heterocycles. The summed E-state index contributed by atoms with van der Waals surface area (Å²) in [5, 5.41) is 8.54. The second kappa shape index (κ2) is 5.26. The van der Waals surface area contributed by atoms with Crippen molar-refractivity contribution < 1.29 is 26.7 Å². The normalized spacial score (nSPS) is 22.8. The van der Waals surface area contributed by atoms with Gasteiger partial charge in [0.2, 0.25) is 10.0 Å².